The van der Waals surface area contributed by atoms with Crippen LogP contribution in [0.5, 0.6) is 0 Å². The largest absolute Gasteiger partial charge is 0.354 e. The maximum absolute atomic E-state index is 12.0. The van der Waals surface area contributed by atoms with E-state index in [1.807, 2.05) is 11.0 Å². The molecule has 0 aromatic carbocycles. The molecule has 130 valence electrons. The Morgan fingerprint density at radius 3 is 2.09 bits per heavy atom. The summed E-state index contributed by atoms with van der Waals surface area (Å²) in [6, 6.07) is 2.00. The number of sulfone groups is 1. The molecule has 0 amide bonds. The van der Waals surface area contributed by atoms with E-state index in [0.717, 1.165) is 17.3 Å². The first kappa shape index (κ1) is 18.2. The predicted octanol–water partition coefficient (Wildman–Crippen LogP) is 2.69. The Hall–Kier alpha value is -1.17. The second-order valence-corrected chi connectivity index (χ2v) is 11.0. The Balaban J connectivity index is 2.34. The first-order chi connectivity index (χ1) is 10.3. The SMILES string of the molecule is CCS(=O)(=O)C1CN(c2cc(C(C)(C)C)nc(C(C)(C)C)n2)C1. The minimum absolute atomic E-state index is 0.0720. The quantitative estimate of drug-likeness (QED) is 0.847. The number of hydrogen-bond acceptors (Lipinski definition) is 5. The molecule has 1 aliphatic heterocycles. The summed E-state index contributed by atoms with van der Waals surface area (Å²) in [6.07, 6.45) is 0. The maximum Gasteiger partial charge on any atom is 0.156 e. The molecule has 0 radical (unpaired) electrons. The molecule has 5 nitrogen and oxygen atoms in total. The third-order valence-corrected chi connectivity index (χ3v) is 6.35. The van der Waals surface area contributed by atoms with Crippen molar-refractivity contribution in [1.82, 2.24) is 9.97 Å². The number of nitrogens with zero attached hydrogens (tertiary/aromatic N) is 3. The normalized spacial score (nSPS) is 17.3. The minimum Gasteiger partial charge on any atom is -0.354 e. The summed E-state index contributed by atoms with van der Waals surface area (Å²) >= 11 is 0. The van der Waals surface area contributed by atoms with Gasteiger partial charge >= 0.3 is 0 Å². The molecular formula is C17H29N3O2S. The van der Waals surface area contributed by atoms with E-state index in [-0.39, 0.29) is 21.8 Å². The first-order valence-electron chi connectivity index (χ1n) is 8.21. The molecule has 0 unspecified atom stereocenters. The third-order valence-electron chi connectivity index (χ3n) is 4.23. The van der Waals surface area contributed by atoms with Crippen LogP contribution in [-0.2, 0) is 20.7 Å². The van der Waals surface area contributed by atoms with Crippen molar-refractivity contribution in [1.29, 1.82) is 0 Å². The zero-order chi connectivity index (χ0) is 17.6. The zero-order valence-corrected chi connectivity index (χ0v) is 16.2. The highest BCUT2D eigenvalue weighted by Gasteiger charge is 2.37. The van der Waals surface area contributed by atoms with Gasteiger partial charge < -0.3 is 4.90 Å². The van der Waals surface area contributed by atoms with Crippen LogP contribution < -0.4 is 4.90 Å². The summed E-state index contributed by atoms with van der Waals surface area (Å²) in [7, 11) is -2.96. The molecule has 23 heavy (non-hydrogen) atoms. The van der Waals surface area contributed by atoms with E-state index in [0.29, 0.717) is 13.1 Å². The summed E-state index contributed by atoms with van der Waals surface area (Å²) in [5.74, 6) is 1.86. The Morgan fingerprint density at radius 1 is 1.09 bits per heavy atom. The van der Waals surface area contributed by atoms with Crippen molar-refractivity contribution in [2.45, 2.75) is 64.5 Å². The fourth-order valence-corrected chi connectivity index (χ4v) is 3.69. The summed E-state index contributed by atoms with van der Waals surface area (Å²) in [5, 5.41) is -0.265. The van der Waals surface area contributed by atoms with E-state index in [2.05, 4.69) is 41.5 Å². The van der Waals surface area contributed by atoms with Crippen LogP contribution in [0.3, 0.4) is 0 Å². The molecule has 0 aliphatic carbocycles. The monoisotopic (exact) mass is 339 g/mol. The molecule has 0 bridgehead atoms. The Labute approximate surface area is 140 Å². The van der Waals surface area contributed by atoms with Gasteiger partial charge in [-0.1, -0.05) is 48.5 Å². The lowest BCUT2D eigenvalue weighted by molar-refractivity contribution is 0.504. The third kappa shape index (κ3) is 3.84. The molecule has 1 saturated heterocycles. The van der Waals surface area contributed by atoms with Crippen LogP contribution in [0.15, 0.2) is 6.07 Å². The molecular weight excluding hydrogens is 310 g/mol. The van der Waals surface area contributed by atoms with Crippen molar-refractivity contribution >= 4 is 15.7 Å². The molecule has 1 fully saturated rings. The van der Waals surface area contributed by atoms with Crippen molar-refractivity contribution in [2.24, 2.45) is 0 Å². The van der Waals surface area contributed by atoms with Gasteiger partial charge in [-0.2, -0.15) is 0 Å². The molecule has 0 atom stereocenters. The second kappa shape index (κ2) is 5.72. The van der Waals surface area contributed by atoms with Crippen LogP contribution >= 0.6 is 0 Å². The van der Waals surface area contributed by atoms with Crippen LogP contribution in [0.1, 0.15) is 60.0 Å². The molecule has 2 rings (SSSR count). The average Bonchev–Trinajstić information content (AvgIpc) is 2.34. The van der Waals surface area contributed by atoms with Gasteiger partial charge in [0.25, 0.3) is 0 Å². The molecule has 0 N–H and O–H groups in total. The molecule has 1 aliphatic rings. The summed E-state index contributed by atoms with van der Waals surface area (Å²) < 4.78 is 23.9. The van der Waals surface area contributed by atoms with E-state index < -0.39 is 9.84 Å². The van der Waals surface area contributed by atoms with Crippen LogP contribution in [0, 0.1) is 0 Å². The molecule has 6 heteroatoms. The summed E-state index contributed by atoms with van der Waals surface area (Å²) in [6.45, 7) is 15.4. The van der Waals surface area contributed by atoms with E-state index in [1.165, 1.54) is 0 Å². The Kier molecular flexibility index (Phi) is 4.52. The van der Waals surface area contributed by atoms with E-state index in [1.54, 1.807) is 6.92 Å². The predicted molar refractivity (Wildman–Crippen MR) is 94.9 cm³/mol. The lowest BCUT2D eigenvalue weighted by Crippen LogP contribution is -2.55. The highest BCUT2D eigenvalue weighted by atomic mass is 32.2. The molecule has 0 saturated carbocycles. The first-order valence-corrected chi connectivity index (χ1v) is 9.92. The van der Waals surface area contributed by atoms with Crippen molar-refractivity contribution in [3.8, 4) is 0 Å². The van der Waals surface area contributed by atoms with Crippen LogP contribution in [0.2, 0.25) is 0 Å². The lowest BCUT2D eigenvalue weighted by Gasteiger charge is -2.40. The second-order valence-electron chi connectivity index (χ2n) is 8.41. The number of aromatic nitrogens is 2. The van der Waals surface area contributed by atoms with Gasteiger partial charge in [-0.3, -0.25) is 0 Å². The van der Waals surface area contributed by atoms with E-state index >= 15 is 0 Å². The van der Waals surface area contributed by atoms with Gasteiger partial charge in [0.15, 0.2) is 9.84 Å². The van der Waals surface area contributed by atoms with Crippen molar-refractivity contribution in [2.75, 3.05) is 23.7 Å². The van der Waals surface area contributed by atoms with Gasteiger partial charge in [0.05, 0.1) is 10.9 Å². The van der Waals surface area contributed by atoms with Crippen LogP contribution in [-0.4, -0.2) is 42.5 Å². The lowest BCUT2D eigenvalue weighted by atomic mass is 9.90. The number of hydrogen-bond donors (Lipinski definition) is 0. The van der Waals surface area contributed by atoms with Gasteiger partial charge in [0.2, 0.25) is 0 Å². The van der Waals surface area contributed by atoms with Crippen molar-refractivity contribution < 1.29 is 8.42 Å². The van der Waals surface area contributed by atoms with Gasteiger partial charge in [-0.15, -0.1) is 0 Å². The van der Waals surface area contributed by atoms with E-state index in [4.69, 9.17) is 9.97 Å². The van der Waals surface area contributed by atoms with Gasteiger partial charge in [-0.05, 0) is 0 Å². The zero-order valence-electron chi connectivity index (χ0n) is 15.3. The fourth-order valence-electron chi connectivity index (χ4n) is 2.40. The van der Waals surface area contributed by atoms with Crippen molar-refractivity contribution in [3.63, 3.8) is 0 Å². The average molecular weight is 340 g/mol. The molecule has 1 aromatic heterocycles. The highest BCUT2D eigenvalue weighted by Crippen LogP contribution is 2.30. The highest BCUT2D eigenvalue weighted by molar-refractivity contribution is 7.92. The summed E-state index contributed by atoms with van der Waals surface area (Å²) in [5.41, 5.74) is 0.780. The van der Waals surface area contributed by atoms with Crippen LogP contribution in [0.4, 0.5) is 5.82 Å². The standard InChI is InChI=1S/C17H29N3O2S/c1-8-23(21,22)12-10-20(11-12)14-9-13(16(2,3)4)18-15(19-14)17(5,6)7/h9,12H,8,10-11H2,1-7H3. The molecule has 2 heterocycles. The van der Waals surface area contributed by atoms with Gasteiger partial charge in [-0.25, -0.2) is 18.4 Å². The smallest absolute Gasteiger partial charge is 0.156 e. The van der Waals surface area contributed by atoms with Gasteiger partial charge in [0, 0.05) is 35.7 Å². The molecule has 0 spiro atoms. The van der Waals surface area contributed by atoms with Crippen molar-refractivity contribution in [3.05, 3.63) is 17.6 Å². The van der Waals surface area contributed by atoms with Gasteiger partial charge in [0.1, 0.15) is 11.6 Å². The number of rotatable bonds is 3. The maximum atomic E-state index is 12.0. The van der Waals surface area contributed by atoms with E-state index in [9.17, 15) is 8.42 Å². The summed E-state index contributed by atoms with van der Waals surface area (Å²) in [4.78, 5) is 11.5. The Bertz CT molecular complexity index is 647. The fraction of sp³-hybridized carbons (Fsp3) is 0.765. The Morgan fingerprint density at radius 2 is 1.65 bits per heavy atom. The molecule has 1 aromatic rings. The number of anilines is 1. The topological polar surface area (TPSA) is 63.2 Å². The van der Waals surface area contributed by atoms with Crippen LogP contribution in [0.25, 0.3) is 0 Å². The minimum atomic E-state index is -2.96.